The summed E-state index contributed by atoms with van der Waals surface area (Å²) in [7, 11) is 1.76. The first-order valence-electron chi connectivity index (χ1n) is 8.74. The van der Waals surface area contributed by atoms with Crippen molar-refractivity contribution in [1.82, 2.24) is 4.90 Å². The zero-order valence-corrected chi connectivity index (χ0v) is 14.5. The van der Waals surface area contributed by atoms with E-state index in [1.54, 1.807) is 36.2 Å². The molecule has 1 N–H and O–H groups in total. The Bertz CT molecular complexity index is 549. The summed E-state index contributed by atoms with van der Waals surface area (Å²) in [5, 5.41) is 8.93. The molecule has 132 valence electrons. The highest BCUT2D eigenvalue weighted by Crippen LogP contribution is 2.23. The van der Waals surface area contributed by atoms with Crippen LogP contribution < -0.4 is 0 Å². The molecule has 1 fully saturated rings. The van der Waals surface area contributed by atoms with Gasteiger partial charge in [0.05, 0.1) is 11.7 Å². The average molecular weight is 333 g/mol. The van der Waals surface area contributed by atoms with Crippen molar-refractivity contribution in [3.05, 3.63) is 35.4 Å². The number of likely N-dealkylation sites (N-methyl/N-ethyl adjacent to an activating group) is 1. The molecule has 5 nitrogen and oxygen atoms in total. The number of ether oxygens (including phenoxy) is 1. The number of nitrogens with zero attached hydrogens (tertiary/aromatic N) is 1. The smallest absolute Gasteiger partial charge is 0.335 e. The first-order chi connectivity index (χ1) is 11.5. The van der Waals surface area contributed by atoms with Crippen LogP contribution >= 0.6 is 0 Å². The summed E-state index contributed by atoms with van der Waals surface area (Å²) in [6.07, 6.45) is 6.19. The quantitative estimate of drug-likeness (QED) is 0.829. The van der Waals surface area contributed by atoms with Crippen LogP contribution in [-0.2, 0) is 16.1 Å². The van der Waals surface area contributed by atoms with Gasteiger partial charge in [-0.05, 0) is 37.0 Å². The maximum absolute atomic E-state index is 12.6. The Morgan fingerprint density at radius 2 is 1.83 bits per heavy atom. The maximum Gasteiger partial charge on any atom is 0.335 e. The van der Waals surface area contributed by atoms with E-state index in [0.29, 0.717) is 13.0 Å². The molecule has 2 rings (SSSR count). The molecule has 1 saturated carbocycles. The number of hydrogen-bond donors (Lipinski definition) is 1. The molecule has 1 atom stereocenters. The van der Waals surface area contributed by atoms with Crippen LogP contribution in [0.4, 0.5) is 0 Å². The second-order valence-corrected chi connectivity index (χ2v) is 6.49. The van der Waals surface area contributed by atoms with Gasteiger partial charge in [-0.3, -0.25) is 4.79 Å². The minimum atomic E-state index is -0.946. The van der Waals surface area contributed by atoms with Crippen LogP contribution in [0.5, 0.6) is 0 Å². The van der Waals surface area contributed by atoms with Crippen molar-refractivity contribution in [1.29, 1.82) is 0 Å². The number of amides is 1. The number of carboxylic acids is 1. The molecule has 0 aromatic heterocycles. The van der Waals surface area contributed by atoms with Crippen LogP contribution in [0.2, 0.25) is 0 Å². The summed E-state index contributed by atoms with van der Waals surface area (Å²) in [5.41, 5.74) is 1.16. The zero-order valence-electron chi connectivity index (χ0n) is 14.5. The summed E-state index contributed by atoms with van der Waals surface area (Å²) in [6.45, 7) is 2.42. The molecule has 1 aromatic carbocycles. The molecular weight excluding hydrogens is 306 g/mol. The minimum absolute atomic E-state index is 0.00890. The highest BCUT2D eigenvalue weighted by atomic mass is 16.5. The van der Waals surface area contributed by atoms with Crippen molar-refractivity contribution in [3.63, 3.8) is 0 Å². The molecule has 1 unspecified atom stereocenters. The molecule has 0 aliphatic heterocycles. The Morgan fingerprint density at radius 1 is 1.21 bits per heavy atom. The number of carbonyl (C=O) groups excluding carboxylic acids is 1. The van der Waals surface area contributed by atoms with Crippen molar-refractivity contribution in [2.75, 3.05) is 7.05 Å². The summed E-state index contributed by atoms with van der Waals surface area (Å²) in [4.78, 5) is 25.2. The van der Waals surface area contributed by atoms with E-state index in [1.165, 1.54) is 19.3 Å². The highest BCUT2D eigenvalue weighted by molar-refractivity contribution is 5.87. The minimum Gasteiger partial charge on any atom is -0.478 e. The third-order valence-electron chi connectivity index (χ3n) is 4.55. The Morgan fingerprint density at radius 3 is 2.38 bits per heavy atom. The van der Waals surface area contributed by atoms with Gasteiger partial charge in [-0.15, -0.1) is 0 Å². The molecule has 1 amide bonds. The number of carboxylic acid groups (broad SMARTS) is 1. The molecule has 1 aliphatic rings. The average Bonchev–Trinajstić information content (AvgIpc) is 2.60. The fourth-order valence-corrected chi connectivity index (χ4v) is 3.11. The monoisotopic (exact) mass is 333 g/mol. The van der Waals surface area contributed by atoms with E-state index >= 15 is 0 Å². The topological polar surface area (TPSA) is 66.8 Å². The van der Waals surface area contributed by atoms with E-state index in [0.717, 1.165) is 18.4 Å². The van der Waals surface area contributed by atoms with Gasteiger partial charge in [0, 0.05) is 13.6 Å². The second-order valence-electron chi connectivity index (χ2n) is 6.49. The van der Waals surface area contributed by atoms with Crippen LogP contribution in [0, 0.1) is 0 Å². The van der Waals surface area contributed by atoms with E-state index in [4.69, 9.17) is 9.84 Å². The van der Waals surface area contributed by atoms with E-state index in [-0.39, 0.29) is 17.6 Å². The summed E-state index contributed by atoms with van der Waals surface area (Å²) in [5.74, 6) is -0.955. The summed E-state index contributed by atoms with van der Waals surface area (Å²) >= 11 is 0. The predicted octanol–water partition coefficient (Wildman–Crippen LogP) is 3.47. The van der Waals surface area contributed by atoms with E-state index in [2.05, 4.69) is 0 Å². The molecule has 0 radical (unpaired) electrons. The van der Waals surface area contributed by atoms with Crippen molar-refractivity contribution in [2.24, 2.45) is 0 Å². The largest absolute Gasteiger partial charge is 0.478 e. The molecule has 0 heterocycles. The normalized spacial score (nSPS) is 16.6. The highest BCUT2D eigenvalue weighted by Gasteiger charge is 2.25. The fraction of sp³-hybridized carbons (Fsp3) is 0.579. The molecule has 1 aromatic rings. The SMILES string of the molecule is CCC(OC1CCCCC1)C(=O)N(C)Cc1ccc(C(=O)O)cc1. The molecule has 0 bridgehead atoms. The number of hydrogen-bond acceptors (Lipinski definition) is 3. The van der Waals surface area contributed by atoms with Gasteiger partial charge in [-0.1, -0.05) is 38.3 Å². The number of aromatic carboxylic acids is 1. The van der Waals surface area contributed by atoms with Crippen LogP contribution in [0.15, 0.2) is 24.3 Å². The van der Waals surface area contributed by atoms with Crippen molar-refractivity contribution in [2.45, 2.75) is 64.2 Å². The van der Waals surface area contributed by atoms with Gasteiger partial charge in [-0.2, -0.15) is 0 Å². The van der Waals surface area contributed by atoms with E-state index in [1.807, 2.05) is 6.92 Å². The Hall–Kier alpha value is -1.88. The Labute approximate surface area is 143 Å². The van der Waals surface area contributed by atoms with Gasteiger partial charge in [0.2, 0.25) is 0 Å². The lowest BCUT2D eigenvalue weighted by Gasteiger charge is -2.29. The third kappa shape index (κ3) is 5.06. The maximum atomic E-state index is 12.6. The standard InChI is InChI=1S/C19H27NO4/c1-3-17(24-16-7-5-4-6-8-16)18(21)20(2)13-14-9-11-15(12-10-14)19(22)23/h9-12,16-17H,3-8,13H2,1-2H3,(H,22,23). The number of benzene rings is 1. The van der Waals surface area contributed by atoms with Crippen LogP contribution in [0.25, 0.3) is 0 Å². The van der Waals surface area contributed by atoms with E-state index < -0.39 is 12.1 Å². The van der Waals surface area contributed by atoms with Gasteiger partial charge in [0.1, 0.15) is 6.10 Å². The molecule has 1 aliphatic carbocycles. The lowest BCUT2D eigenvalue weighted by molar-refractivity contribution is -0.148. The molecule has 24 heavy (non-hydrogen) atoms. The van der Waals surface area contributed by atoms with Crippen molar-refractivity contribution >= 4 is 11.9 Å². The van der Waals surface area contributed by atoms with Crippen molar-refractivity contribution in [3.8, 4) is 0 Å². The lowest BCUT2D eigenvalue weighted by Crippen LogP contribution is -2.39. The van der Waals surface area contributed by atoms with Gasteiger partial charge < -0.3 is 14.7 Å². The summed E-state index contributed by atoms with van der Waals surface area (Å²) < 4.78 is 6.04. The zero-order chi connectivity index (χ0) is 17.5. The molecule has 0 spiro atoms. The van der Waals surface area contributed by atoms with Crippen LogP contribution in [0.3, 0.4) is 0 Å². The fourth-order valence-electron chi connectivity index (χ4n) is 3.11. The van der Waals surface area contributed by atoms with Crippen LogP contribution in [0.1, 0.15) is 61.4 Å². The number of rotatable bonds is 7. The molecule has 5 heteroatoms. The first-order valence-corrected chi connectivity index (χ1v) is 8.74. The van der Waals surface area contributed by atoms with Crippen molar-refractivity contribution < 1.29 is 19.4 Å². The van der Waals surface area contributed by atoms with Gasteiger partial charge >= 0.3 is 5.97 Å². The predicted molar refractivity (Wildman–Crippen MR) is 91.9 cm³/mol. The number of carbonyl (C=O) groups is 2. The molecular formula is C19H27NO4. The van der Waals surface area contributed by atoms with Crippen LogP contribution in [-0.4, -0.2) is 41.1 Å². The second kappa shape index (κ2) is 8.83. The van der Waals surface area contributed by atoms with Gasteiger partial charge in [0.25, 0.3) is 5.91 Å². The third-order valence-corrected chi connectivity index (χ3v) is 4.55. The van der Waals surface area contributed by atoms with Gasteiger partial charge in [-0.25, -0.2) is 4.79 Å². The Kier molecular flexibility index (Phi) is 6.79. The lowest BCUT2D eigenvalue weighted by atomic mass is 9.97. The van der Waals surface area contributed by atoms with Gasteiger partial charge in [0.15, 0.2) is 0 Å². The summed E-state index contributed by atoms with van der Waals surface area (Å²) in [6, 6.07) is 6.62. The Balaban J connectivity index is 1.92. The first kappa shape index (κ1) is 18.5. The molecule has 0 saturated heterocycles. The van der Waals surface area contributed by atoms with E-state index in [9.17, 15) is 9.59 Å².